The molecule has 22 heavy (non-hydrogen) atoms. The second-order valence-corrected chi connectivity index (χ2v) is 6.19. The fraction of sp³-hybridized carbons (Fsp3) is 0.412. The summed E-state index contributed by atoms with van der Waals surface area (Å²) in [4.78, 5) is 9.29. The van der Waals surface area contributed by atoms with Gasteiger partial charge >= 0.3 is 0 Å². The first kappa shape index (κ1) is 16.9. The highest BCUT2D eigenvalue weighted by Gasteiger charge is 2.06. The summed E-state index contributed by atoms with van der Waals surface area (Å²) in [6, 6.07) is 6.91. The van der Waals surface area contributed by atoms with E-state index in [-0.39, 0.29) is 0 Å². The van der Waals surface area contributed by atoms with Gasteiger partial charge in [0.05, 0.1) is 0 Å². The first-order chi connectivity index (χ1) is 10.7. The van der Waals surface area contributed by atoms with E-state index in [1.807, 2.05) is 12.4 Å². The van der Waals surface area contributed by atoms with Gasteiger partial charge in [0.1, 0.15) is 0 Å². The van der Waals surface area contributed by atoms with Crippen LogP contribution >= 0.6 is 11.8 Å². The lowest BCUT2D eigenvalue weighted by atomic mass is 10.1. The summed E-state index contributed by atoms with van der Waals surface area (Å²) in [5.41, 5.74) is 1.99. The normalized spacial score (nSPS) is 11.1. The molecule has 0 radical (unpaired) electrons. The monoisotopic (exact) mass is 322 g/mol. The number of nitrogens with zero attached hydrogens (tertiary/aromatic N) is 2. The van der Waals surface area contributed by atoms with E-state index >= 15 is 0 Å². The Morgan fingerprint density at radius 3 is 2.27 bits per heavy atom. The summed E-state index contributed by atoms with van der Waals surface area (Å²) in [6.45, 7) is 2.20. The molecule has 5 heteroatoms. The Hall–Kier alpha value is -1.49. The molecular formula is C17H20F2N2S. The van der Waals surface area contributed by atoms with E-state index < -0.39 is 5.76 Å². The number of unbranched alkanes of at least 4 members (excludes halogenated alkanes) is 3. The van der Waals surface area contributed by atoms with Crippen LogP contribution in [0.1, 0.15) is 38.2 Å². The van der Waals surface area contributed by atoms with E-state index in [9.17, 15) is 8.78 Å². The van der Waals surface area contributed by atoms with Crippen LogP contribution < -0.4 is 0 Å². The number of halogens is 2. The number of rotatable bonds is 8. The zero-order valence-electron chi connectivity index (χ0n) is 12.6. The van der Waals surface area contributed by atoms with Gasteiger partial charge in [-0.2, -0.15) is 8.78 Å². The first-order valence-electron chi connectivity index (χ1n) is 7.55. The third kappa shape index (κ3) is 5.37. The lowest BCUT2D eigenvalue weighted by Crippen LogP contribution is -1.93. The Morgan fingerprint density at radius 1 is 1.00 bits per heavy atom. The van der Waals surface area contributed by atoms with Crippen molar-refractivity contribution in [2.45, 2.75) is 49.7 Å². The van der Waals surface area contributed by atoms with Crippen LogP contribution in [0, 0.1) is 0 Å². The van der Waals surface area contributed by atoms with E-state index in [4.69, 9.17) is 0 Å². The molecule has 1 heterocycles. The van der Waals surface area contributed by atoms with Gasteiger partial charge in [0.25, 0.3) is 5.76 Å². The maximum atomic E-state index is 12.3. The van der Waals surface area contributed by atoms with E-state index in [1.54, 1.807) is 24.3 Å². The Balaban J connectivity index is 1.95. The first-order valence-corrected chi connectivity index (χ1v) is 8.43. The van der Waals surface area contributed by atoms with Gasteiger partial charge in [0, 0.05) is 22.9 Å². The minimum Gasteiger partial charge on any atom is -0.236 e. The molecule has 0 spiro atoms. The van der Waals surface area contributed by atoms with Crippen molar-refractivity contribution >= 4 is 11.8 Å². The number of aryl methyl sites for hydroxylation is 1. The van der Waals surface area contributed by atoms with Crippen LogP contribution in [-0.4, -0.2) is 15.7 Å². The predicted molar refractivity (Wildman–Crippen MR) is 87.2 cm³/mol. The zero-order chi connectivity index (χ0) is 15.8. The molecule has 0 aliphatic carbocycles. The second-order valence-electron chi connectivity index (χ2n) is 5.13. The average Bonchev–Trinajstić information content (AvgIpc) is 2.52. The van der Waals surface area contributed by atoms with Crippen LogP contribution in [-0.2, 0) is 6.42 Å². The summed E-state index contributed by atoms with van der Waals surface area (Å²) >= 11 is 0.544. The van der Waals surface area contributed by atoms with Crippen molar-refractivity contribution in [1.82, 2.24) is 9.97 Å². The molecule has 0 unspecified atom stereocenters. The van der Waals surface area contributed by atoms with Crippen molar-refractivity contribution in [3.05, 3.63) is 42.2 Å². The number of hydrogen-bond donors (Lipinski definition) is 0. The molecule has 0 N–H and O–H groups in total. The zero-order valence-corrected chi connectivity index (χ0v) is 13.5. The summed E-state index contributed by atoms with van der Waals surface area (Å²) in [5, 5.41) is 0. The highest BCUT2D eigenvalue weighted by molar-refractivity contribution is 7.99. The van der Waals surface area contributed by atoms with Crippen LogP contribution in [0.3, 0.4) is 0 Å². The number of hydrogen-bond acceptors (Lipinski definition) is 3. The van der Waals surface area contributed by atoms with Crippen molar-refractivity contribution < 1.29 is 8.78 Å². The van der Waals surface area contributed by atoms with Crippen LogP contribution in [0.25, 0.3) is 11.4 Å². The SMILES string of the molecule is CCCCCCc1cnc(-c2ccc(SC(F)F)cc2)nc1. The van der Waals surface area contributed by atoms with Crippen molar-refractivity contribution in [3.8, 4) is 11.4 Å². The predicted octanol–water partition coefficient (Wildman–Crippen LogP) is 5.58. The molecule has 2 aromatic rings. The second kappa shape index (κ2) is 8.83. The molecule has 0 saturated heterocycles. The van der Waals surface area contributed by atoms with Crippen LogP contribution in [0.4, 0.5) is 8.78 Å². The highest BCUT2D eigenvalue weighted by atomic mass is 32.2. The number of aromatic nitrogens is 2. The number of alkyl halides is 2. The number of benzene rings is 1. The van der Waals surface area contributed by atoms with Gasteiger partial charge in [-0.15, -0.1) is 0 Å². The van der Waals surface area contributed by atoms with Crippen molar-refractivity contribution in [1.29, 1.82) is 0 Å². The molecule has 0 fully saturated rings. The molecule has 2 rings (SSSR count). The van der Waals surface area contributed by atoms with Gasteiger partial charge in [-0.25, -0.2) is 9.97 Å². The van der Waals surface area contributed by atoms with Crippen molar-refractivity contribution in [2.75, 3.05) is 0 Å². The molecular weight excluding hydrogens is 302 g/mol. The summed E-state index contributed by atoms with van der Waals surface area (Å²) < 4.78 is 24.6. The van der Waals surface area contributed by atoms with Crippen LogP contribution in [0.2, 0.25) is 0 Å². The lowest BCUT2D eigenvalue weighted by Gasteiger charge is -2.04. The molecule has 0 bridgehead atoms. The molecule has 0 aliphatic rings. The maximum absolute atomic E-state index is 12.3. The Labute approximate surface area is 134 Å². The van der Waals surface area contributed by atoms with E-state index in [1.165, 1.54) is 19.3 Å². The summed E-state index contributed by atoms with van der Waals surface area (Å²) in [6.07, 6.45) is 9.62. The smallest absolute Gasteiger partial charge is 0.236 e. The molecule has 0 atom stereocenters. The van der Waals surface area contributed by atoms with Gasteiger partial charge in [-0.05, 0) is 30.5 Å². The van der Waals surface area contributed by atoms with Gasteiger partial charge in [-0.1, -0.05) is 50.1 Å². The Bertz CT molecular complexity index is 556. The molecule has 2 nitrogen and oxygen atoms in total. The highest BCUT2D eigenvalue weighted by Crippen LogP contribution is 2.26. The topological polar surface area (TPSA) is 25.8 Å². The van der Waals surface area contributed by atoms with E-state index in [2.05, 4.69) is 16.9 Å². The lowest BCUT2D eigenvalue weighted by molar-refractivity contribution is 0.252. The van der Waals surface area contributed by atoms with Crippen molar-refractivity contribution in [3.63, 3.8) is 0 Å². The molecule has 1 aromatic carbocycles. The van der Waals surface area contributed by atoms with Gasteiger partial charge in [-0.3, -0.25) is 0 Å². The standard InChI is InChI=1S/C17H20F2N2S/c1-2-3-4-5-6-13-11-20-16(21-12-13)14-7-9-15(10-8-14)22-17(18)19/h7-12,17H,2-6H2,1H3. The largest absolute Gasteiger partial charge is 0.288 e. The third-order valence-electron chi connectivity index (χ3n) is 3.36. The van der Waals surface area contributed by atoms with Crippen LogP contribution in [0.5, 0.6) is 0 Å². The minimum atomic E-state index is -2.39. The fourth-order valence-electron chi connectivity index (χ4n) is 2.17. The van der Waals surface area contributed by atoms with E-state index in [0.717, 1.165) is 24.0 Å². The minimum absolute atomic E-state index is 0.544. The van der Waals surface area contributed by atoms with Gasteiger partial charge in [0.2, 0.25) is 0 Å². The molecule has 0 saturated carbocycles. The van der Waals surface area contributed by atoms with Gasteiger partial charge < -0.3 is 0 Å². The number of thioether (sulfide) groups is 1. The maximum Gasteiger partial charge on any atom is 0.288 e. The average molecular weight is 322 g/mol. The van der Waals surface area contributed by atoms with Gasteiger partial charge in [0.15, 0.2) is 5.82 Å². The van der Waals surface area contributed by atoms with E-state index in [0.29, 0.717) is 22.5 Å². The molecule has 0 aliphatic heterocycles. The molecule has 0 amide bonds. The summed E-state index contributed by atoms with van der Waals surface area (Å²) in [5.74, 6) is -1.76. The van der Waals surface area contributed by atoms with Crippen LogP contribution in [0.15, 0.2) is 41.6 Å². The molecule has 1 aromatic heterocycles. The summed E-state index contributed by atoms with van der Waals surface area (Å²) in [7, 11) is 0. The van der Waals surface area contributed by atoms with Crippen molar-refractivity contribution in [2.24, 2.45) is 0 Å². The quantitative estimate of drug-likeness (QED) is 0.468. The third-order valence-corrected chi connectivity index (χ3v) is 4.08. The fourth-order valence-corrected chi connectivity index (χ4v) is 2.67. The molecule has 118 valence electrons. The Morgan fingerprint density at radius 2 is 1.68 bits per heavy atom. The Kier molecular flexibility index (Phi) is 6.77.